The monoisotopic (exact) mass is 339 g/mol. The Morgan fingerprint density at radius 3 is 2.00 bits per heavy atom. The van der Waals surface area contributed by atoms with E-state index in [0.717, 1.165) is 19.2 Å². The van der Waals surface area contributed by atoms with Crippen molar-refractivity contribution in [3.63, 3.8) is 0 Å². The molecule has 0 saturated heterocycles. The molecule has 0 aliphatic rings. The molecule has 128 valence electrons. The van der Waals surface area contributed by atoms with E-state index >= 15 is 0 Å². The van der Waals surface area contributed by atoms with Crippen molar-refractivity contribution in [3.05, 3.63) is 44.0 Å². The third-order valence-electron chi connectivity index (χ3n) is 2.87. The van der Waals surface area contributed by atoms with E-state index in [2.05, 4.69) is 10.1 Å². The number of nitrogens with zero attached hydrogens (tertiary/aromatic N) is 2. The maximum Gasteiger partial charge on any atom is 0.328 e. The summed E-state index contributed by atoms with van der Waals surface area (Å²) in [7, 11) is 1.06. The first-order valence-electron chi connectivity index (χ1n) is 6.47. The second kappa shape index (κ2) is 7.76. The lowest BCUT2D eigenvalue weighted by Crippen LogP contribution is -2.42. The van der Waals surface area contributed by atoms with Crippen LogP contribution in [0.15, 0.2) is 18.2 Å². The first-order chi connectivity index (χ1) is 11.1. The zero-order chi connectivity index (χ0) is 18.4. The van der Waals surface area contributed by atoms with Crippen molar-refractivity contribution < 1.29 is 29.0 Å². The molecule has 0 bridgehead atoms. The fraction of sp³-hybridized carbons (Fsp3) is 0.308. The largest absolute Gasteiger partial charge is 0.467 e. The van der Waals surface area contributed by atoms with Crippen LogP contribution in [0.3, 0.4) is 0 Å². The molecule has 1 aromatic rings. The number of hydrogen-bond acceptors (Lipinski definition) is 8. The van der Waals surface area contributed by atoms with E-state index in [1.165, 1.54) is 6.92 Å². The quantitative estimate of drug-likeness (QED) is 0.433. The highest BCUT2D eigenvalue weighted by Crippen LogP contribution is 2.22. The minimum atomic E-state index is -1.31. The molecule has 1 rings (SSSR count). The molecule has 0 spiro atoms. The Bertz CT molecular complexity index is 683. The number of hydrogen-bond donors (Lipinski definition) is 1. The Hall–Kier alpha value is -3.37. The fourth-order valence-electron chi connectivity index (χ4n) is 1.80. The summed E-state index contributed by atoms with van der Waals surface area (Å²) in [4.78, 5) is 54.7. The zero-order valence-electron chi connectivity index (χ0n) is 12.7. The average molecular weight is 339 g/mol. The predicted molar refractivity (Wildman–Crippen MR) is 78.3 cm³/mol. The minimum absolute atomic E-state index is 0.352. The van der Waals surface area contributed by atoms with Gasteiger partial charge in [-0.1, -0.05) is 0 Å². The van der Waals surface area contributed by atoms with E-state index < -0.39 is 50.5 Å². The Morgan fingerprint density at radius 2 is 1.62 bits per heavy atom. The van der Waals surface area contributed by atoms with Crippen LogP contribution in [-0.2, 0) is 14.3 Å². The molecule has 24 heavy (non-hydrogen) atoms. The molecule has 1 N–H and O–H groups in total. The molecule has 1 amide bonds. The number of benzene rings is 1. The van der Waals surface area contributed by atoms with Gasteiger partial charge in [0.25, 0.3) is 17.3 Å². The van der Waals surface area contributed by atoms with Gasteiger partial charge in [0.15, 0.2) is 0 Å². The van der Waals surface area contributed by atoms with E-state index in [4.69, 9.17) is 0 Å². The van der Waals surface area contributed by atoms with E-state index in [9.17, 15) is 34.6 Å². The van der Waals surface area contributed by atoms with Gasteiger partial charge in [-0.25, -0.2) is 4.79 Å². The van der Waals surface area contributed by atoms with Gasteiger partial charge in [0.1, 0.15) is 11.8 Å². The van der Waals surface area contributed by atoms with Crippen LogP contribution in [0.1, 0.15) is 23.7 Å². The van der Waals surface area contributed by atoms with Crippen LogP contribution >= 0.6 is 0 Å². The summed E-state index contributed by atoms with van der Waals surface area (Å²) in [6, 6.07) is 1.04. The van der Waals surface area contributed by atoms with Crippen LogP contribution in [0.5, 0.6) is 0 Å². The van der Waals surface area contributed by atoms with Crippen molar-refractivity contribution in [2.75, 3.05) is 7.11 Å². The van der Waals surface area contributed by atoms with E-state index in [1.807, 2.05) is 0 Å². The lowest BCUT2D eigenvalue weighted by molar-refractivity contribution is -0.394. The lowest BCUT2D eigenvalue weighted by Gasteiger charge is -2.15. The summed E-state index contributed by atoms with van der Waals surface area (Å²) < 4.78 is 4.45. The van der Waals surface area contributed by atoms with Gasteiger partial charge < -0.3 is 10.1 Å². The SMILES string of the molecule is COC(=O)C(CC(C)=O)NC(=O)c1cc([N+](=O)[O-])cc([N+](=O)[O-])c1. The number of esters is 1. The smallest absolute Gasteiger partial charge is 0.328 e. The summed E-state index contributed by atoms with van der Waals surface area (Å²) in [6.45, 7) is 1.19. The maximum absolute atomic E-state index is 12.1. The molecule has 11 nitrogen and oxygen atoms in total. The number of non-ortho nitro benzene ring substituents is 2. The normalized spacial score (nSPS) is 11.2. The maximum atomic E-state index is 12.1. The summed E-state index contributed by atoms with van der Waals surface area (Å²) in [6.07, 6.45) is -0.352. The topological polar surface area (TPSA) is 159 Å². The Kier molecular flexibility index (Phi) is 6.04. The first-order valence-corrected chi connectivity index (χ1v) is 6.47. The molecule has 0 aliphatic heterocycles. The Morgan fingerprint density at radius 1 is 1.12 bits per heavy atom. The molecular weight excluding hydrogens is 326 g/mol. The van der Waals surface area contributed by atoms with Gasteiger partial charge in [0, 0.05) is 18.6 Å². The van der Waals surface area contributed by atoms with Crippen molar-refractivity contribution in [2.24, 2.45) is 0 Å². The van der Waals surface area contributed by atoms with Gasteiger partial charge in [-0.2, -0.15) is 0 Å². The highest BCUT2D eigenvalue weighted by molar-refractivity contribution is 5.98. The standard InChI is InChI=1S/C13H13N3O8/c1-7(17)3-11(13(19)24-2)14-12(18)8-4-9(15(20)21)6-10(5-8)16(22)23/h4-6,11H,3H2,1-2H3,(H,14,18). The second-order valence-corrected chi connectivity index (χ2v) is 4.71. The number of ether oxygens (including phenoxy) is 1. The number of carbonyl (C=O) groups is 3. The van der Waals surface area contributed by atoms with Crippen LogP contribution in [0.25, 0.3) is 0 Å². The predicted octanol–water partition coefficient (Wildman–Crippen LogP) is 0.753. The van der Waals surface area contributed by atoms with Crippen LogP contribution in [-0.4, -0.2) is 40.7 Å². The molecule has 0 radical (unpaired) electrons. The van der Waals surface area contributed by atoms with Crippen LogP contribution in [0.2, 0.25) is 0 Å². The molecule has 0 aromatic heterocycles. The van der Waals surface area contributed by atoms with Crippen molar-refractivity contribution >= 4 is 29.0 Å². The van der Waals surface area contributed by atoms with Gasteiger partial charge in [0.05, 0.1) is 28.6 Å². The zero-order valence-corrected chi connectivity index (χ0v) is 12.7. The second-order valence-electron chi connectivity index (χ2n) is 4.71. The van der Waals surface area contributed by atoms with Gasteiger partial charge in [-0.3, -0.25) is 29.8 Å². The molecule has 1 aromatic carbocycles. The highest BCUT2D eigenvalue weighted by atomic mass is 16.6. The lowest BCUT2D eigenvalue weighted by atomic mass is 10.1. The van der Waals surface area contributed by atoms with Crippen molar-refractivity contribution in [3.8, 4) is 0 Å². The third kappa shape index (κ3) is 4.83. The molecule has 1 unspecified atom stereocenters. The summed E-state index contributed by atoms with van der Waals surface area (Å²) in [5, 5.41) is 23.8. The van der Waals surface area contributed by atoms with Gasteiger partial charge in [0.2, 0.25) is 0 Å². The number of nitrogens with one attached hydrogen (secondary N) is 1. The number of nitro groups is 2. The average Bonchev–Trinajstić information content (AvgIpc) is 2.52. The number of carbonyl (C=O) groups excluding carboxylic acids is 3. The van der Waals surface area contributed by atoms with Gasteiger partial charge in [-0.15, -0.1) is 0 Å². The van der Waals surface area contributed by atoms with E-state index in [0.29, 0.717) is 6.07 Å². The fourth-order valence-corrected chi connectivity index (χ4v) is 1.80. The third-order valence-corrected chi connectivity index (χ3v) is 2.87. The number of amides is 1. The van der Waals surface area contributed by atoms with Crippen LogP contribution in [0.4, 0.5) is 11.4 Å². The minimum Gasteiger partial charge on any atom is -0.467 e. The number of Topliss-reactive ketones (excluding diaryl/α,β-unsaturated/α-hetero) is 1. The van der Waals surface area contributed by atoms with Gasteiger partial charge >= 0.3 is 5.97 Å². The summed E-state index contributed by atoms with van der Waals surface area (Å²) in [5.74, 6) is -2.28. The molecule has 0 heterocycles. The molecule has 11 heteroatoms. The van der Waals surface area contributed by atoms with Crippen LogP contribution < -0.4 is 5.32 Å². The highest BCUT2D eigenvalue weighted by Gasteiger charge is 2.26. The van der Waals surface area contributed by atoms with Crippen molar-refractivity contribution in [2.45, 2.75) is 19.4 Å². The summed E-state index contributed by atoms with van der Waals surface area (Å²) in [5.41, 5.74) is -1.71. The first kappa shape index (κ1) is 18.7. The van der Waals surface area contributed by atoms with Crippen LogP contribution in [0, 0.1) is 20.2 Å². The Balaban J connectivity index is 3.16. The summed E-state index contributed by atoms with van der Waals surface area (Å²) >= 11 is 0. The number of methoxy groups -OCH3 is 1. The number of nitro benzene ring substituents is 2. The van der Waals surface area contributed by atoms with Gasteiger partial charge in [-0.05, 0) is 6.92 Å². The molecule has 1 atom stereocenters. The molecule has 0 fully saturated rings. The Labute approximate surface area is 134 Å². The van der Waals surface area contributed by atoms with E-state index in [1.54, 1.807) is 0 Å². The molecule has 0 saturated carbocycles. The van der Waals surface area contributed by atoms with Crippen molar-refractivity contribution in [1.82, 2.24) is 5.32 Å². The molecule has 0 aliphatic carbocycles. The molecular formula is C13H13N3O8. The number of ketones is 1. The van der Waals surface area contributed by atoms with E-state index in [-0.39, 0.29) is 6.42 Å². The van der Waals surface area contributed by atoms with Crippen molar-refractivity contribution in [1.29, 1.82) is 0 Å². The number of rotatable bonds is 7.